The predicted molar refractivity (Wildman–Crippen MR) is 178 cm³/mol. The Morgan fingerprint density at radius 2 is 1.53 bits per heavy atom. The van der Waals surface area contributed by atoms with Gasteiger partial charge in [-0.2, -0.15) is 0 Å². The fourth-order valence-electron chi connectivity index (χ4n) is 4.86. The van der Waals surface area contributed by atoms with E-state index >= 15 is 0 Å². The number of benzene rings is 4. The number of halogens is 1. The van der Waals surface area contributed by atoms with Gasteiger partial charge < -0.3 is 15.0 Å². The van der Waals surface area contributed by atoms with Gasteiger partial charge >= 0.3 is 0 Å². The Kier molecular flexibility index (Phi) is 12.0. The standard InChI is InChI=1S/C35H38ClN3O5S/c1-3-4-22-37-35(41)33(23-27-12-7-5-8-13-27)38(25-28-18-20-29(36)21-19-28)34(40)26-39(30-14-11-15-31(24-30)44-2)45(42,43)32-16-9-6-10-17-32/h5-21,24,33H,3-4,22-23,25-26H2,1-2H3,(H,37,41). The van der Waals surface area contributed by atoms with Crippen molar-refractivity contribution in [3.8, 4) is 5.75 Å². The minimum atomic E-state index is -4.20. The van der Waals surface area contributed by atoms with Crippen LogP contribution in [0.15, 0.2) is 114 Å². The Balaban J connectivity index is 1.79. The number of methoxy groups -OCH3 is 1. The highest BCUT2D eigenvalue weighted by Crippen LogP contribution is 2.28. The third kappa shape index (κ3) is 9.09. The minimum absolute atomic E-state index is 0.0306. The molecule has 10 heteroatoms. The van der Waals surface area contributed by atoms with Crippen LogP contribution < -0.4 is 14.4 Å². The Hall–Kier alpha value is -4.34. The van der Waals surface area contributed by atoms with Crippen LogP contribution >= 0.6 is 11.6 Å². The molecular formula is C35H38ClN3O5S. The number of hydrogen-bond donors (Lipinski definition) is 1. The van der Waals surface area contributed by atoms with E-state index < -0.39 is 28.5 Å². The number of sulfonamides is 1. The Morgan fingerprint density at radius 3 is 2.18 bits per heavy atom. The first-order valence-electron chi connectivity index (χ1n) is 14.8. The summed E-state index contributed by atoms with van der Waals surface area (Å²) >= 11 is 6.14. The number of amides is 2. The average molecular weight is 648 g/mol. The van der Waals surface area contributed by atoms with E-state index in [1.54, 1.807) is 66.7 Å². The summed E-state index contributed by atoms with van der Waals surface area (Å²) in [5.41, 5.74) is 1.86. The molecule has 1 atom stereocenters. The highest BCUT2D eigenvalue weighted by Gasteiger charge is 2.34. The van der Waals surface area contributed by atoms with E-state index in [2.05, 4.69) is 5.32 Å². The molecule has 4 rings (SSSR count). The normalized spacial score (nSPS) is 11.8. The second kappa shape index (κ2) is 16.1. The summed E-state index contributed by atoms with van der Waals surface area (Å²) in [6.07, 6.45) is 1.92. The molecule has 1 N–H and O–H groups in total. The van der Waals surface area contributed by atoms with Crippen LogP contribution in [0.2, 0.25) is 5.02 Å². The Labute approximate surface area is 270 Å². The maximum Gasteiger partial charge on any atom is 0.264 e. The van der Waals surface area contributed by atoms with Gasteiger partial charge in [0, 0.05) is 30.6 Å². The molecule has 0 aliphatic rings. The molecule has 0 bridgehead atoms. The molecule has 0 spiro atoms. The predicted octanol–water partition coefficient (Wildman–Crippen LogP) is 6.10. The summed E-state index contributed by atoms with van der Waals surface area (Å²) in [4.78, 5) is 29.8. The lowest BCUT2D eigenvalue weighted by atomic mass is 10.0. The van der Waals surface area contributed by atoms with E-state index in [9.17, 15) is 18.0 Å². The molecule has 4 aromatic rings. The van der Waals surface area contributed by atoms with Crippen LogP contribution in [0.5, 0.6) is 5.75 Å². The number of anilines is 1. The van der Waals surface area contributed by atoms with Crippen molar-refractivity contribution < 1.29 is 22.7 Å². The van der Waals surface area contributed by atoms with E-state index in [-0.39, 0.29) is 29.5 Å². The summed E-state index contributed by atoms with van der Waals surface area (Å²) in [6.45, 7) is 2.00. The molecular weight excluding hydrogens is 610 g/mol. The molecule has 0 aromatic heterocycles. The highest BCUT2D eigenvalue weighted by atomic mass is 35.5. The minimum Gasteiger partial charge on any atom is -0.497 e. The van der Waals surface area contributed by atoms with Crippen molar-refractivity contribution in [1.29, 1.82) is 0 Å². The molecule has 0 heterocycles. The summed E-state index contributed by atoms with van der Waals surface area (Å²) in [6, 6.07) is 30.0. The molecule has 0 aliphatic heterocycles. The van der Waals surface area contributed by atoms with Crippen molar-refractivity contribution in [3.63, 3.8) is 0 Å². The van der Waals surface area contributed by atoms with Gasteiger partial charge in [0.25, 0.3) is 10.0 Å². The third-order valence-electron chi connectivity index (χ3n) is 7.32. The summed E-state index contributed by atoms with van der Waals surface area (Å²) in [5.74, 6) is -0.421. The Bertz CT molecular complexity index is 1650. The number of hydrogen-bond acceptors (Lipinski definition) is 5. The maximum atomic E-state index is 14.5. The lowest BCUT2D eigenvalue weighted by molar-refractivity contribution is -0.140. The molecule has 0 fully saturated rings. The van der Waals surface area contributed by atoms with Crippen molar-refractivity contribution in [2.45, 2.75) is 43.7 Å². The van der Waals surface area contributed by atoms with Crippen molar-refractivity contribution in [2.24, 2.45) is 0 Å². The molecule has 0 saturated carbocycles. The number of nitrogens with zero attached hydrogens (tertiary/aromatic N) is 2. The van der Waals surface area contributed by atoms with Crippen LogP contribution in [-0.2, 0) is 32.6 Å². The molecule has 2 amide bonds. The number of carbonyl (C=O) groups is 2. The lowest BCUT2D eigenvalue weighted by Gasteiger charge is -2.34. The summed E-state index contributed by atoms with van der Waals surface area (Å²) < 4.78 is 34.6. The molecule has 236 valence electrons. The zero-order valence-electron chi connectivity index (χ0n) is 25.4. The van der Waals surface area contributed by atoms with E-state index in [0.717, 1.165) is 28.3 Å². The maximum absolute atomic E-state index is 14.5. The number of carbonyl (C=O) groups excluding carboxylic acids is 2. The zero-order valence-corrected chi connectivity index (χ0v) is 27.0. The van der Waals surface area contributed by atoms with Crippen molar-refractivity contribution in [2.75, 3.05) is 24.5 Å². The number of rotatable bonds is 15. The van der Waals surface area contributed by atoms with Crippen LogP contribution in [0, 0.1) is 0 Å². The first kappa shape index (κ1) is 33.6. The molecule has 1 unspecified atom stereocenters. The lowest BCUT2D eigenvalue weighted by Crippen LogP contribution is -2.53. The van der Waals surface area contributed by atoms with Crippen molar-refractivity contribution >= 4 is 39.1 Å². The molecule has 45 heavy (non-hydrogen) atoms. The Morgan fingerprint density at radius 1 is 0.867 bits per heavy atom. The van der Waals surface area contributed by atoms with Crippen LogP contribution in [0.3, 0.4) is 0 Å². The van der Waals surface area contributed by atoms with E-state index in [4.69, 9.17) is 16.3 Å². The molecule has 0 aliphatic carbocycles. The van der Waals surface area contributed by atoms with E-state index in [1.807, 2.05) is 37.3 Å². The van der Waals surface area contributed by atoms with Gasteiger partial charge in [-0.15, -0.1) is 0 Å². The molecule has 4 aromatic carbocycles. The quantitative estimate of drug-likeness (QED) is 0.157. The van der Waals surface area contributed by atoms with Crippen molar-refractivity contribution in [1.82, 2.24) is 10.2 Å². The summed E-state index contributed by atoms with van der Waals surface area (Å²) in [7, 11) is -2.71. The first-order chi connectivity index (χ1) is 21.7. The van der Waals surface area contributed by atoms with Gasteiger partial charge in [-0.3, -0.25) is 13.9 Å². The number of unbranched alkanes of at least 4 members (excludes halogenated alkanes) is 1. The average Bonchev–Trinajstić information content (AvgIpc) is 3.06. The van der Waals surface area contributed by atoms with Crippen LogP contribution in [0.1, 0.15) is 30.9 Å². The van der Waals surface area contributed by atoms with Gasteiger partial charge in [-0.05, 0) is 53.9 Å². The zero-order chi connectivity index (χ0) is 32.2. The van der Waals surface area contributed by atoms with Gasteiger partial charge in [0.05, 0.1) is 17.7 Å². The number of ether oxygens (including phenoxy) is 1. The smallest absolute Gasteiger partial charge is 0.264 e. The van der Waals surface area contributed by atoms with Crippen LogP contribution in [-0.4, -0.2) is 51.4 Å². The van der Waals surface area contributed by atoms with Crippen molar-refractivity contribution in [3.05, 3.63) is 125 Å². The second-order valence-corrected chi connectivity index (χ2v) is 12.8. The monoisotopic (exact) mass is 647 g/mol. The molecule has 8 nitrogen and oxygen atoms in total. The number of nitrogens with one attached hydrogen (secondary N) is 1. The van der Waals surface area contributed by atoms with Crippen LogP contribution in [0.4, 0.5) is 5.69 Å². The second-order valence-electron chi connectivity index (χ2n) is 10.5. The van der Waals surface area contributed by atoms with Gasteiger partial charge in [-0.1, -0.05) is 91.7 Å². The van der Waals surface area contributed by atoms with Gasteiger partial charge in [0.2, 0.25) is 11.8 Å². The van der Waals surface area contributed by atoms with E-state index in [0.29, 0.717) is 17.3 Å². The molecule has 0 radical (unpaired) electrons. The fourth-order valence-corrected chi connectivity index (χ4v) is 6.41. The summed E-state index contributed by atoms with van der Waals surface area (Å²) in [5, 5.41) is 3.52. The van der Waals surface area contributed by atoms with Gasteiger partial charge in [-0.25, -0.2) is 8.42 Å². The first-order valence-corrected chi connectivity index (χ1v) is 16.6. The van der Waals surface area contributed by atoms with E-state index in [1.165, 1.54) is 24.1 Å². The van der Waals surface area contributed by atoms with Crippen LogP contribution in [0.25, 0.3) is 0 Å². The van der Waals surface area contributed by atoms with Gasteiger partial charge in [0.15, 0.2) is 0 Å². The topological polar surface area (TPSA) is 96.0 Å². The fraction of sp³-hybridized carbons (Fsp3) is 0.257. The third-order valence-corrected chi connectivity index (χ3v) is 9.36. The largest absolute Gasteiger partial charge is 0.497 e. The van der Waals surface area contributed by atoms with Gasteiger partial charge in [0.1, 0.15) is 18.3 Å². The SMILES string of the molecule is CCCCNC(=O)C(Cc1ccccc1)N(Cc1ccc(Cl)cc1)C(=O)CN(c1cccc(OC)c1)S(=O)(=O)c1ccccc1. The highest BCUT2D eigenvalue weighted by molar-refractivity contribution is 7.92. The molecule has 0 saturated heterocycles.